The lowest BCUT2D eigenvalue weighted by Crippen LogP contribution is -2.10. The lowest BCUT2D eigenvalue weighted by atomic mass is 9.97. The van der Waals surface area contributed by atoms with Crippen molar-refractivity contribution < 1.29 is 9.18 Å². The number of hydrogen-bond donors (Lipinski definition) is 0. The third-order valence-corrected chi connectivity index (χ3v) is 2.57. The largest absolute Gasteiger partial charge is 0.294 e. The van der Waals surface area contributed by atoms with Crippen molar-refractivity contribution >= 4 is 17.4 Å². The molecule has 0 radical (unpaired) electrons. The van der Waals surface area contributed by atoms with Crippen LogP contribution < -0.4 is 0 Å². The van der Waals surface area contributed by atoms with Gasteiger partial charge in [-0.25, -0.2) is 4.39 Å². The summed E-state index contributed by atoms with van der Waals surface area (Å²) in [7, 11) is 0. The van der Waals surface area contributed by atoms with Crippen LogP contribution in [0.1, 0.15) is 30.6 Å². The predicted octanol–water partition coefficient (Wildman–Crippen LogP) is 3.71. The van der Waals surface area contributed by atoms with Crippen molar-refractivity contribution in [2.75, 3.05) is 0 Å². The number of Topliss-reactive ketones (excluding diaryl/α,β-unsaturated/α-hetero) is 1. The van der Waals surface area contributed by atoms with E-state index in [0.29, 0.717) is 5.56 Å². The summed E-state index contributed by atoms with van der Waals surface area (Å²) in [4.78, 5) is 11.6. The summed E-state index contributed by atoms with van der Waals surface area (Å²) < 4.78 is 13.0. The molecule has 0 saturated heterocycles. The van der Waals surface area contributed by atoms with Gasteiger partial charge in [0.25, 0.3) is 0 Å². The fourth-order valence-corrected chi connectivity index (χ4v) is 1.24. The normalized spacial score (nSPS) is 12.6. The lowest BCUT2D eigenvalue weighted by Gasteiger charge is -2.07. The zero-order chi connectivity index (χ0) is 10.7. The quantitative estimate of drug-likeness (QED) is 0.701. The molecule has 1 rings (SSSR count). The molecule has 0 aromatic heterocycles. The van der Waals surface area contributed by atoms with E-state index in [1.165, 1.54) is 12.1 Å². The van der Waals surface area contributed by atoms with Gasteiger partial charge in [-0.2, -0.15) is 0 Å². The molecular formula is C11H12ClFO. The highest BCUT2D eigenvalue weighted by Gasteiger charge is 2.14. The van der Waals surface area contributed by atoms with Gasteiger partial charge in [0, 0.05) is 11.5 Å². The van der Waals surface area contributed by atoms with Gasteiger partial charge in [-0.15, -0.1) is 0 Å². The van der Waals surface area contributed by atoms with Crippen molar-refractivity contribution in [2.24, 2.45) is 5.92 Å². The summed E-state index contributed by atoms with van der Waals surface area (Å²) >= 11 is 5.51. The second kappa shape index (κ2) is 4.56. The first-order chi connectivity index (χ1) is 6.56. The average molecular weight is 215 g/mol. The maximum atomic E-state index is 13.0. The lowest BCUT2D eigenvalue weighted by molar-refractivity contribution is 0.0927. The molecule has 14 heavy (non-hydrogen) atoms. The molecule has 0 aliphatic rings. The van der Waals surface area contributed by atoms with E-state index in [1.807, 2.05) is 13.8 Å². The van der Waals surface area contributed by atoms with Crippen LogP contribution in [-0.4, -0.2) is 5.78 Å². The highest BCUT2D eigenvalue weighted by Crippen LogP contribution is 2.18. The van der Waals surface area contributed by atoms with Crippen molar-refractivity contribution in [3.8, 4) is 0 Å². The zero-order valence-corrected chi connectivity index (χ0v) is 8.94. The van der Waals surface area contributed by atoms with Crippen LogP contribution in [0.25, 0.3) is 0 Å². The molecule has 0 N–H and O–H groups in total. The summed E-state index contributed by atoms with van der Waals surface area (Å²) in [5.41, 5.74) is 0.390. The third kappa shape index (κ3) is 2.32. The van der Waals surface area contributed by atoms with E-state index >= 15 is 0 Å². The smallest absolute Gasteiger partial charge is 0.165 e. The second-order valence-electron chi connectivity index (χ2n) is 3.30. The van der Waals surface area contributed by atoms with Gasteiger partial charge < -0.3 is 0 Å². The standard InChI is InChI=1S/C11H12ClFO/c1-3-7(2)11(14)8-4-5-9(12)10(13)6-8/h4-7H,3H2,1-2H3. The minimum absolute atomic E-state index is 0.0388. The van der Waals surface area contributed by atoms with Crippen LogP contribution in [0.3, 0.4) is 0 Å². The number of carbonyl (C=O) groups is 1. The molecule has 0 heterocycles. The molecule has 76 valence electrons. The van der Waals surface area contributed by atoms with Crippen molar-refractivity contribution in [3.63, 3.8) is 0 Å². The Labute approximate surface area is 87.9 Å². The minimum atomic E-state index is -0.541. The Kier molecular flexibility index (Phi) is 3.64. The van der Waals surface area contributed by atoms with Crippen molar-refractivity contribution in [1.29, 1.82) is 0 Å². The Bertz CT molecular complexity index is 349. The highest BCUT2D eigenvalue weighted by molar-refractivity contribution is 6.30. The molecule has 0 spiro atoms. The van der Waals surface area contributed by atoms with Gasteiger partial charge in [0.1, 0.15) is 5.82 Å². The van der Waals surface area contributed by atoms with Crippen LogP contribution in [0.2, 0.25) is 5.02 Å². The third-order valence-electron chi connectivity index (χ3n) is 2.26. The number of ketones is 1. The van der Waals surface area contributed by atoms with Crippen LogP contribution in [-0.2, 0) is 0 Å². The second-order valence-corrected chi connectivity index (χ2v) is 3.71. The Hall–Kier alpha value is -0.890. The Balaban J connectivity index is 2.97. The van der Waals surface area contributed by atoms with Crippen LogP contribution in [0, 0.1) is 11.7 Å². The van der Waals surface area contributed by atoms with E-state index < -0.39 is 5.82 Å². The summed E-state index contributed by atoms with van der Waals surface area (Å²) in [5, 5.41) is 0.0469. The van der Waals surface area contributed by atoms with Crippen molar-refractivity contribution in [3.05, 3.63) is 34.6 Å². The van der Waals surface area contributed by atoms with Gasteiger partial charge in [-0.3, -0.25) is 4.79 Å². The van der Waals surface area contributed by atoms with Crippen molar-refractivity contribution in [1.82, 2.24) is 0 Å². The first kappa shape index (κ1) is 11.2. The fraction of sp³-hybridized carbons (Fsp3) is 0.364. The van der Waals surface area contributed by atoms with Gasteiger partial charge in [0.05, 0.1) is 5.02 Å². The molecule has 1 aromatic rings. The molecule has 1 aromatic carbocycles. The molecule has 1 nitrogen and oxygen atoms in total. The first-order valence-electron chi connectivity index (χ1n) is 4.55. The Morgan fingerprint density at radius 2 is 2.21 bits per heavy atom. The Morgan fingerprint density at radius 1 is 1.57 bits per heavy atom. The van der Waals surface area contributed by atoms with Gasteiger partial charge in [0.2, 0.25) is 0 Å². The summed E-state index contributed by atoms with van der Waals surface area (Å²) in [5.74, 6) is -0.653. The van der Waals surface area contributed by atoms with Gasteiger partial charge in [-0.1, -0.05) is 25.4 Å². The summed E-state index contributed by atoms with van der Waals surface area (Å²) in [6.07, 6.45) is 0.753. The maximum Gasteiger partial charge on any atom is 0.165 e. The van der Waals surface area contributed by atoms with Crippen molar-refractivity contribution in [2.45, 2.75) is 20.3 Å². The van der Waals surface area contributed by atoms with Crippen LogP contribution >= 0.6 is 11.6 Å². The summed E-state index contributed by atoms with van der Waals surface area (Å²) in [6, 6.07) is 4.16. The average Bonchev–Trinajstić information content (AvgIpc) is 2.20. The molecule has 0 amide bonds. The first-order valence-corrected chi connectivity index (χ1v) is 4.93. The maximum absolute atomic E-state index is 13.0. The number of halogens is 2. The molecule has 0 bridgehead atoms. The number of rotatable bonds is 3. The van der Waals surface area contributed by atoms with Crippen LogP contribution in [0.15, 0.2) is 18.2 Å². The summed E-state index contributed by atoms with van der Waals surface area (Å²) in [6.45, 7) is 3.75. The van der Waals surface area contributed by atoms with Gasteiger partial charge in [0.15, 0.2) is 5.78 Å². The monoisotopic (exact) mass is 214 g/mol. The predicted molar refractivity (Wildman–Crippen MR) is 55.2 cm³/mol. The van der Waals surface area contributed by atoms with Gasteiger partial charge in [-0.05, 0) is 24.6 Å². The molecule has 0 aliphatic carbocycles. The van der Waals surface area contributed by atoms with Gasteiger partial charge >= 0.3 is 0 Å². The molecule has 3 heteroatoms. The molecule has 0 saturated carbocycles. The fourth-order valence-electron chi connectivity index (χ4n) is 1.12. The number of hydrogen-bond acceptors (Lipinski definition) is 1. The molecule has 0 aliphatic heterocycles. The van der Waals surface area contributed by atoms with E-state index in [1.54, 1.807) is 6.07 Å². The zero-order valence-electron chi connectivity index (χ0n) is 8.18. The molecule has 0 fully saturated rings. The SMILES string of the molecule is CCC(C)C(=O)c1ccc(Cl)c(F)c1. The van der Waals surface area contributed by atoms with E-state index in [9.17, 15) is 9.18 Å². The number of carbonyl (C=O) groups excluding carboxylic acids is 1. The van der Waals surface area contributed by atoms with E-state index in [-0.39, 0.29) is 16.7 Å². The minimum Gasteiger partial charge on any atom is -0.294 e. The van der Waals surface area contributed by atoms with Crippen LogP contribution in [0.4, 0.5) is 4.39 Å². The van der Waals surface area contributed by atoms with E-state index in [2.05, 4.69) is 0 Å². The highest BCUT2D eigenvalue weighted by atomic mass is 35.5. The molecule has 1 atom stereocenters. The number of benzene rings is 1. The van der Waals surface area contributed by atoms with Crippen LogP contribution in [0.5, 0.6) is 0 Å². The Morgan fingerprint density at radius 3 is 2.71 bits per heavy atom. The molecule has 1 unspecified atom stereocenters. The van der Waals surface area contributed by atoms with E-state index in [0.717, 1.165) is 6.42 Å². The van der Waals surface area contributed by atoms with E-state index in [4.69, 9.17) is 11.6 Å². The topological polar surface area (TPSA) is 17.1 Å². The molecular weight excluding hydrogens is 203 g/mol.